The fourth-order valence-corrected chi connectivity index (χ4v) is 6.21. The van der Waals surface area contributed by atoms with Crippen LogP contribution in [-0.2, 0) is 27.2 Å². The van der Waals surface area contributed by atoms with Gasteiger partial charge in [0.25, 0.3) is 0 Å². The maximum absolute atomic E-state index is 13.3. The van der Waals surface area contributed by atoms with Crippen molar-refractivity contribution in [3.63, 3.8) is 0 Å². The normalized spacial score (nSPS) is 22.0. The lowest BCUT2D eigenvalue weighted by Gasteiger charge is -2.38. The van der Waals surface area contributed by atoms with Crippen LogP contribution in [0.3, 0.4) is 0 Å². The van der Waals surface area contributed by atoms with E-state index in [0.29, 0.717) is 59.7 Å². The summed E-state index contributed by atoms with van der Waals surface area (Å²) < 4.78 is 0. The molecule has 13 heteroatoms. The number of ketones is 3. The fraction of sp³-hybridized carbons (Fsp3) is 0.357. The van der Waals surface area contributed by atoms with Crippen molar-refractivity contribution < 1.29 is 34.2 Å². The molecule has 6 rings (SSSR count). The van der Waals surface area contributed by atoms with Crippen LogP contribution in [0, 0.1) is 0 Å². The number of allylic oxidation sites excluding steroid dienone is 2. The van der Waals surface area contributed by atoms with E-state index in [2.05, 4.69) is 15.0 Å². The number of aliphatic imine (C=N–C) groups is 1. The molecule has 4 aliphatic rings. The van der Waals surface area contributed by atoms with Gasteiger partial charge in [-0.1, -0.05) is 0 Å². The maximum Gasteiger partial charge on any atom is 0.326 e. The standard InChI is InChI=1S/C28H28N6O7/c29-3-1-5-33-16-9-15(25(36)23-21(16)13(11-31-23)7-18(33)27(38)39)30-4-2-6-34-17-10-20(35)26(37)24-22(17)14(12-32-24)8-19(34)28(40)41/h9-12,18-19,31-32H,1-8,29H2,(H,38,39)(H,40,41)/t18-,19-/m0/s1. The number of aliphatic carboxylic acids is 2. The van der Waals surface area contributed by atoms with Crippen molar-refractivity contribution in [2.24, 2.45) is 10.7 Å². The van der Waals surface area contributed by atoms with E-state index in [4.69, 9.17) is 5.73 Å². The third-order valence-corrected chi connectivity index (χ3v) is 8.10. The van der Waals surface area contributed by atoms with Crippen molar-refractivity contribution in [3.8, 4) is 0 Å². The molecule has 41 heavy (non-hydrogen) atoms. The van der Waals surface area contributed by atoms with Crippen molar-refractivity contribution in [2.45, 2.75) is 37.8 Å². The van der Waals surface area contributed by atoms with E-state index in [1.807, 2.05) is 0 Å². The number of carboxylic acids is 2. The van der Waals surface area contributed by atoms with Crippen molar-refractivity contribution in [1.29, 1.82) is 0 Å². The van der Waals surface area contributed by atoms with Gasteiger partial charge in [0.2, 0.25) is 17.3 Å². The Labute approximate surface area is 233 Å². The second-order valence-electron chi connectivity index (χ2n) is 10.5. The molecule has 0 aromatic carbocycles. The smallest absolute Gasteiger partial charge is 0.326 e. The van der Waals surface area contributed by atoms with Crippen molar-refractivity contribution in [3.05, 3.63) is 58.2 Å². The van der Waals surface area contributed by atoms with Crippen LogP contribution < -0.4 is 5.73 Å². The molecule has 2 aliphatic carbocycles. The van der Waals surface area contributed by atoms with E-state index in [1.54, 1.807) is 28.3 Å². The Morgan fingerprint density at radius 2 is 1.39 bits per heavy atom. The summed E-state index contributed by atoms with van der Waals surface area (Å²) in [6.07, 6.45) is 7.43. The zero-order chi connectivity index (χ0) is 29.0. The Morgan fingerprint density at radius 3 is 1.95 bits per heavy atom. The molecule has 0 saturated carbocycles. The van der Waals surface area contributed by atoms with Gasteiger partial charge in [-0.3, -0.25) is 19.4 Å². The number of H-pyrrole nitrogens is 2. The predicted octanol–water partition coefficient (Wildman–Crippen LogP) is 0.489. The molecule has 13 nitrogen and oxygen atoms in total. The monoisotopic (exact) mass is 560 g/mol. The molecule has 0 fully saturated rings. The average Bonchev–Trinajstić information content (AvgIpc) is 3.57. The van der Waals surface area contributed by atoms with Crippen LogP contribution in [0.4, 0.5) is 0 Å². The van der Waals surface area contributed by atoms with Gasteiger partial charge in [-0.05, 0) is 36.6 Å². The number of nitrogens with two attached hydrogens (primary N) is 1. The molecular formula is C28H28N6O7. The molecular weight excluding hydrogens is 532 g/mol. The summed E-state index contributed by atoms with van der Waals surface area (Å²) in [4.78, 5) is 75.9. The van der Waals surface area contributed by atoms with Crippen molar-refractivity contribution in [2.75, 3.05) is 26.2 Å². The van der Waals surface area contributed by atoms with Gasteiger partial charge in [0.05, 0.1) is 11.4 Å². The summed E-state index contributed by atoms with van der Waals surface area (Å²) in [7, 11) is 0. The summed E-state index contributed by atoms with van der Waals surface area (Å²) in [5, 5.41) is 19.8. The Hall–Kier alpha value is -4.78. The lowest BCUT2D eigenvalue weighted by atomic mass is 9.87. The fourth-order valence-electron chi connectivity index (χ4n) is 6.21. The number of hydrogen-bond acceptors (Lipinski definition) is 9. The van der Waals surface area contributed by atoms with E-state index in [0.717, 1.165) is 5.56 Å². The first kappa shape index (κ1) is 26.4. The second-order valence-corrected chi connectivity index (χ2v) is 10.5. The molecule has 0 saturated heterocycles. The summed E-state index contributed by atoms with van der Waals surface area (Å²) in [5.74, 6) is -3.69. The van der Waals surface area contributed by atoms with Gasteiger partial charge < -0.3 is 35.7 Å². The van der Waals surface area contributed by atoms with Gasteiger partial charge in [-0.15, -0.1) is 0 Å². The largest absolute Gasteiger partial charge is 0.480 e. The number of hydrogen-bond donors (Lipinski definition) is 5. The first-order valence-electron chi connectivity index (χ1n) is 13.4. The van der Waals surface area contributed by atoms with Gasteiger partial charge in [0.15, 0.2) is 0 Å². The molecule has 212 valence electrons. The molecule has 2 aromatic heterocycles. The quantitative estimate of drug-likeness (QED) is 0.212. The highest BCUT2D eigenvalue weighted by Gasteiger charge is 2.42. The van der Waals surface area contributed by atoms with Crippen LogP contribution >= 0.6 is 0 Å². The highest BCUT2D eigenvalue weighted by molar-refractivity contribution is 6.52. The van der Waals surface area contributed by atoms with Crippen LogP contribution in [0.15, 0.2) is 29.5 Å². The first-order valence-corrected chi connectivity index (χ1v) is 13.4. The van der Waals surface area contributed by atoms with Crippen LogP contribution in [0.2, 0.25) is 0 Å². The van der Waals surface area contributed by atoms with Gasteiger partial charge >= 0.3 is 11.9 Å². The number of nitrogens with zero attached hydrogens (tertiary/aromatic N) is 3. The third-order valence-electron chi connectivity index (χ3n) is 8.10. The molecule has 0 unspecified atom stereocenters. The summed E-state index contributed by atoms with van der Waals surface area (Å²) >= 11 is 0. The summed E-state index contributed by atoms with van der Waals surface area (Å²) in [6.45, 7) is 1.20. The Kier molecular flexibility index (Phi) is 6.45. The molecule has 0 spiro atoms. The van der Waals surface area contributed by atoms with Gasteiger partial charge in [0.1, 0.15) is 23.5 Å². The van der Waals surface area contributed by atoms with E-state index in [9.17, 15) is 34.2 Å². The number of aromatic nitrogens is 2. The minimum atomic E-state index is -1.06. The van der Waals surface area contributed by atoms with Crippen LogP contribution in [0.25, 0.3) is 11.4 Å². The number of carbonyl (C=O) groups excluding carboxylic acids is 3. The molecule has 4 heterocycles. The molecule has 2 aromatic rings. The predicted molar refractivity (Wildman–Crippen MR) is 145 cm³/mol. The zero-order valence-electron chi connectivity index (χ0n) is 22.0. The van der Waals surface area contributed by atoms with E-state index in [1.165, 1.54) is 6.08 Å². The third kappa shape index (κ3) is 4.20. The molecule has 0 radical (unpaired) electrons. The van der Waals surface area contributed by atoms with E-state index >= 15 is 0 Å². The topological polar surface area (TPSA) is 202 Å². The zero-order valence-corrected chi connectivity index (χ0v) is 22.0. The SMILES string of the molecule is NCCCN1C2=CC(=NCCCN3C4=CC(=O)C(=O)c5[nH]cc(c54)C[C@H]3C(=O)O)C(=O)c3[nH]cc(c32)C[C@H]1C(=O)O. The van der Waals surface area contributed by atoms with Crippen LogP contribution in [0.5, 0.6) is 0 Å². The van der Waals surface area contributed by atoms with Gasteiger partial charge in [-0.25, -0.2) is 9.59 Å². The lowest BCUT2D eigenvalue weighted by molar-refractivity contribution is -0.143. The number of carbonyl (C=O) groups is 5. The first-order chi connectivity index (χ1) is 19.7. The number of aromatic amines is 2. The minimum absolute atomic E-state index is 0.167. The number of carboxylic acid groups (broad SMARTS) is 2. The number of rotatable bonds is 9. The lowest BCUT2D eigenvalue weighted by Crippen LogP contribution is -2.46. The Balaban J connectivity index is 1.25. The molecule has 0 amide bonds. The van der Waals surface area contributed by atoms with Gasteiger partial charge in [0, 0.05) is 67.8 Å². The van der Waals surface area contributed by atoms with E-state index < -0.39 is 35.6 Å². The Morgan fingerprint density at radius 1 is 0.854 bits per heavy atom. The highest BCUT2D eigenvalue weighted by Crippen LogP contribution is 2.39. The molecule has 2 aliphatic heterocycles. The van der Waals surface area contributed by atoms with Gasteiger partial charge in [-0.2, -0.15) is 0 Å². The molecule has 2 atom stereocenters. The number of Topliss-reactive ketones (excluding diaryl/α,β-unsaturated/α-hetero) is 2. The maximum atomic E-state index is 13.3. The van der Waals surface area contributed by atoms with Crippen LogP contribution in [-0.4, -0.2) is 103 Å². The summed E-state index contributed by atoms with van der Waals surface area (Å²) in [5.41, 5.74) is 10.1. The van der Waals surface area contributed by atoms with Crippen LogP contribution in [0.1, 0.15) is 56.1 Å². The van der Waals surface area contributed by atoms with Crippen molar-refractivity contribution in [1.82, 2.24) is 19.8 Å². The molecule has 6 N–H and O–H groups in total. The molecule has 0 bridgehead atoms. The van der Waals surface area contributed by atoms with E-state index in [-0.39, 0.29) is 43.1 Å². The summed E-state index contributed by atoms with van der Waals surface area (Å²) in [6, 6.07) is -1.73. The van der Waals surface area contributed by atoms with Crippen molar-refractivity contribution >= 4 is 46.4 Å². The highest BCUT2D eigenvalue weighted by atomic mass is 16.4. The Bertz CT molecular complexity index is 1610. The number of nitrogens with one attached hydrogen (secondary N) is 2. The average molecular weight is 561 g/mol. The minimum Gasteiger partial charge on any atom is -0.480 e. The second kappa shape index (κ2) is 10.0.